The molecule has 1 fully saturated rings. The van der Waals surface area contributed by atoms with Crippen LogP contribution in [-0.2, 0) is 19.4 Å². The summed E-state index contributed by atoms with van der Waals surface area (Å²) >= 11 is 0. The molecule has 5 nitrogen and oxygen atoms in total. The third kappa shape index (κ3) is 7.97. The minimum absolute atomic E-state index is 0.365. The molecule has 3 aromatic carbocycles. The number of phenolic OH excluding ortho intramolecular Hbond substituents is 1. The molecule has 1 saturated carbocycles. The molecule has 5 heteroatoms. The van der Waals surface area contributed by atoms with Gasteiger partial charge in [0.1, 0.15) is 23.9 Å². The van der Waals surface area contributed by atoms with Gasteiger partial charge in [-0.05, 0) is 109 Å². The number of rotatable bonds is 13. The van der Waals surface area contributed by atoms with Crippen molar-refractivity contribution in [3.63, 3.8) is 0 Å². The smallest absolute Gasteiger partial charge is 0.120 e. The minimum Gasteiger partial charge on any atom is -0.508 e. The first kappa shape index (κ1) is 29.3. The Hall–Kier alpha value is -3.18. The van der Waals surface area contributed by atoms with Crippen LogP contribution in [0.25, 0.3) is 0 Å². The highest BCUT2D eigenvalue weighted by Crippen LogP contribution is 2.40. The number of ether oxygens (including phenoxy) is 2. The maximum Gasteiger partial charge on any atom is 0.120 e. The van der Waals surface area contributed by atoms with Crippen molar-refractivity contribution in [1.82, 2.24) is 5.32 Å². The van der Waals surface area contributed by atoms with E-state index in [1.54, 1.807) is 7.11 Å². The molecule has 0 aliphatic heterocycles. The number of hydrogen-bond donors (Lipinski definition) is 2. The lowest BCUT2D eigenvalue weighted by molar-refractivity contribution is 0.294. The number of aromatic hydroxyl groups is 1. The predicted octanol–water partition coefficient (Wildman–Crippen LogP) is 7.64. The summed E-state index contributed by atoms with van der Waals surface area (Å²) in [7, 11) is 1.75. The molecule has 1 atom stereocenters. The quantitative estimate of drug-likeness (QED) is 0.212. The van der Waals surface area contributed by atoms with E-state index >= 15 is 0 Å². The van der Waals surface area contributed by atoms with Crippen LogP contribution in [0.3, 0.4) is 0 Å². The normalized spacial score (nSPS) is 17.2. The zero-order valence-electron chi connectivity index (χ0n) is 25.0. The number of phenols is 1. The first-order chi connectivity index (χ1) is 20.1. The van der Waals surface area contributed by atoms with Gasteiger partial charge in [-0.1, -0.05) is 50.5 Å². The summed E-state index contributed by atoms with van der Waals surface area (Å²) in [5.74, 6) is 3.48. The average Bonchev–Trinajstić information content (AvgIpc) is 3.01. The van der Waals surface area contributed by atoms with Gasteiger partial charge < -0.3 is 24.8 Å². The van der Waals surface area contributed by atoms with Crippen LogP contribution < -0.4 is 19.7 Å². The Kier molecular flexibility index (Phi) is 10.5. The monoisotopic (exact) mass is 556 g/mol. The summed E-state index contributed by atoms with van der Waals surface area (Å²) in [6, 6.07) is 21.1. The SMILES string of the molecule is CCCN(Cc1ccc(OCCNCC2CCCCC2)cc1)c1cc(OC)ccc1C1CCc2cc(O)ccc2C1. The van der Waals surface area contributed by atoms with Crippen LogP contribution in [0.15, 0.2) is 60.7 Å². The molecule has 0 amide bonds. The highest BCUT2D eigenvalue weighted by Gasteiger charge is 2.25. The zero-order valence-corrected chi connectivity index (χ0v) is 25.0. The highest BCUT2D eigenvalue weighted by molar-refractivity contribution is 5.60. The van der Waals surface area contributed by atoms with Crippen LogP contribution in [0.4, 0.5) is 5.69 Å². The lowest BCUT2D eigenvalue weighted by atomic mass is 9.79. The second-order valence-electron chi connectivity index (χ2n) is 11.9. The fourth-order valence-corrected chi connectivity index (χ4v) is 6.68. The Morgan fingerprint density at radius 1 is 0.902 bits per heavy atom. The largest absolute Gasteiger partial charge is 0.508 e. The number of aryl methyl sites for hydroxylation is 1. The minimum atomic E-state index is 0.365. The van der Waals surface area contributed by atoms with E-state index in [0.29, 0.717) is 18.3 Å². The Labute approximate surface area is 246 Å². The van der Waals surface area contributed by atoms with Crippen molar-refractivity contribution >= 4 is 5.69 Å². The molecule has 0 heterocycles. The van der Waals surface area contributed by atoms with Crippen LogP contribution >= 0.6 is 0 Å². The Bertz CT molecular complexity index is 1240. The first-order valence-electron chi connectivity index (χ1n) is 15.8. The number of hydrogen-bond acceptors (Lipinski definition) is 5. The summed E-state index contributed by atoms with van der Waals surface area (Å²) in [6.45, 7) is 6.78. The van der Waals surface area contributed by atoms with Gasteiger partial charge in [0, 0.05) is 31.4 Å². The third-order valence-electron chi connectivity index (χ3n) is 8.93. The Morgan fingerprint density at radius 3 is 2.49 bits per heavy atom. The zero-order chi connectivity index (χ0) is 28.4. The fourth-order valence-electron chi connectivity index (χ4n) is 6.68. The van der Waals surface area contributed by atoms with E-state index in [9.17, 15) is 5.11 Å². The van der Waals surface area contributed by atoms with Gasteiger partial charge in [0.15, 0.2) is 0 Å². The maximum absolute atomic E-state index is 9.94. The molecule has 0 spiro atoms. The first-order valence-corrected chi connectivity index (χ1v) is 15.8. The van der Waals surface area contributed by atoms with Crippen LogP contribution in [0.5, 0.6) is 17.2 Å². The topological polar surface area (TPSA) is 54.0 Å². The van der Waals surface area contributed by atoms with E-state index in [2.05, 4.69) is 65.7 Å². The Balaban J connectivity index is 1.23. The van der Waals surface area contributed by atoms with E-state index in [4.69, 9.17) is 9.47 Å². The van der Waals surface area contributed by atoms with E-state index in [0.717, 1.165) is 69.3 Å². The maximum atomic E-state index is 9.94. The summed E-state index contributed by atoms with van der Waals surface area (Å²) < 4.78 is 11.7. The number of fused-ring (bicyclic) bond motifs is 1. The molecule has 2 aliphatic rings. The Morgan fingerprint density at radius 2 is 1.71 bits per heavy atom. The van der Waals surface area contributed by atoms with E-state index < -0.39 is 0 Å². The summed E-state index contributed by atoms with van der Waals surface area (Å²) in [5, 5.41) is 13.5. The lowest BCUT2D eigenvalue weighted by Crippen LogP contribution is -2.28. The van der Waals surface area contributed by atoms with E-state index in [-0.39, 0.29) is 0 Å². The van der Waals surface area contributed by atoms with Crippen LogP contribution in [0.2, 0.25) is 0 Å². The van der Waals surface area contributed by atoms with Gasteiger partial charge in [-0.3, -0.25) is 0 Å². The van der Waals surface area contributed by atoms with Gasteiger partial charge in [0.2, 0.25) is 0 Å². The second kappa shape index (κ2) is 14.6. The van der Waals surface area contributed by atoms with Crippen molar-refractivity contribution in [2.24, 2.45) is 5.92 Å². The van der Waals surface area contributed by atoms with Gasteiger partial charge in [-0.15, -0.1) is 0 Å². The molecule has 5 rings (SSSR count). The van der Waals surface area contributed by atoms with Gasteiger partial charge in [0.25, 0.3) is 0 Å². The molecule has 0 bridgehead atoms. The number of anilines is 1. The van der Waals surface area contributed by atoms with Gasteiger partial charge in [-0.2, -0.15) is 0 Å². The molecule has 1 unspecified atom stereocenters. The molecule has 220 valence electrons. The van der Waals surface area contributed by atoms with Gasteiger partial charge >= 0.3 is 0 Å². The van der Waals surface area contributed by atoms with Gasteiger partial charge in [-0.25, -0.2) is 0 Å². The van der Waals surface area contributed by atoms with Crippen molar-refractivity contribution < 1.29 is 14.6 Å². The second-order valence-corrected chi connectivity index (χ2v) is 11.9. The number of methoxy groups -OCH3 is 1. The van der Waals surface area contributed by atoms with Crippen molar-refractivity contribution in [3.05, 3.63) is 82.9 Å². The molecule has 2 N–H and O–H groups in total. The standard InChI is InChI=1S/C36H48N2O3/c1-3-20-38(26-28-9-15-33(16-10-28)41-21-19-37-25-27-7-5-4-6-8-27)36-24-34(40-2)17-18-35(36)31-12-11-30-23-32(39)14-13-29(30)22-31/h9-10,13-18,23-24,27,31,37,39H,3-8,11-12,19-22,25-26H2,1-2H3. The van der Waals surface area contributed by atoms with Crippen molar-refractivity contribution in [2.45, 2.75) is 77.2 Å². The molecule has 3 aromatic rings. The average molecular weight is 557 g/mol. The summed E-state index contributed by atoms with van der Waals surface area (Å²) in [4.78, 5) is 2.51. The fraction of sp³-hybridized carbons (Fsp3) is 0.500. The van der Waals surface area contributed by atoms with Crippen LogP contribution in [-0.4, -0.2) is 38.5 Å². The number of nitrogens with one attached hydrogen (secondary N) is 1. The number of benzene rings is 3. The molecular formula is C36H48N2O3. The third-order valence-corrected chi connectivity index (χ3v) is 8.93. The molecule has 0 aromatic heterocycles. The predicted molar refractivity (Wildman–Crippen MR) is 169 cm³/mol. The van der Waals surface area contributed by atoms with E-state index in [1.807, 2.05) is 12.1 Å². The summed E-state index contributed by atoms with van der Waals surface area (Å²) in [5.41, 5.74) is 6.56. The van der Waals surface area contributed by atoms with E-state index in [1.165, 1.54) is 60.0 Å². The highest BCUT2D eigenvalue weighted by atomic mass is 16.5. The molecular weight excluding hydrogens is 508 g/mol. The van der Waals surface area contributed by atoms with Crippen molar-refractivity contribution in [2.75, 3.05) is 38.3 Å². The van der Waals surface area contributed by atoms with Crippen molar-refractivity contribution in [1.29, 1.82) is 0 Å². The molecule has 2 aliphatic carbocycles. The lowest BCUT2D eigenvalue weighted by Gasteiger charge is -2.32. The van der Waals surface area contributed by atoms with Crippen LogP contribution in [0, 0.1) is 5.92 Å². The number of nitrogens with zero attached hydrogens (tertiary/aromatic N) is 1. The molecule has 41 heavy (non-hydrogen) atoms. The van der Waals surface area contributed by atoms with Gasteiger partial charge in [0.05, 0.1) is 7.11 Å². The van der Waals surface area contributed by atoms with Crippen molar-refractivity contribution in [3.8, 4) is 17.2 Å². The molecule has 0 radical (unpaired) electrons. The summed E-state index contributed by atoms with van der Waals surface area (Å²) in [6.07, 6.45) is 11.1. The van der Waals surface area contributed by atoms with Crippen LogP contribution in [0.1, 0.15) is 80.0 Å². The molecule has 0 saturated heterocycles.